The number of halogens is 6. The van der Waals surface area contributed by atoms with Gasteiger partial charge in [-0.3, -0.25) is 4.55 Å². The maximum absolute atomic E-state index is 13.6. The summed E-state index contributed by atoms with van der Waals surface area (Å²) in [6, 6.07) is 33.9. The van der Waals surface area contributed by atoms with Gasteiger partial charge >= 0.3 is 12.4 Å². The minimum Gasteiger partial charge on any atom is -0.332 e. The summed E-state index contributed by atoms with van der Waals surface area (Å²) in [4.78, 5) is 1.81. The lowest BCUT2D eigenvalue weighted by molar-refractivity contribution is -0.119. The third-order valence-corrected chi connectivity index (χ3v) is 8.32. The average molecular weight is 671 g/mol. The highest BCUT2D eigenvalue weighted by molar-refractivity contribution is 7.85. The molecule has 0 unspecified atom stereocenters. The van der Waals surface area contributed by atoms with Gasteiger partial charge in [-0.15, -0.1) is 0 Å². The van der Waals surface area contributed by atoms with Crippen LogP contribution in [0.25, 0.3) is 0 Å². The van der Waals surface area contributed by atoms with Crippen LogP contribution in [0.4, 0.5) is 49.1 Å². The normalized spacial score (nSPS) is 12.3. The van der Waals surface area contributed by atoms with Crippen LogP contribution in [0.3, 0.4) is 0 Å². The van der Waals surface area contributed by atoms with E-state index in [1.165, 1.54) is 42.5 Å². The monoisotopic (exact) mass is 670 g/mol. The molecule has 0 amide bonds. The quantitative estimate of drug-likeness (QED) is 0.0912. The van der Waals surface area contributed by atoms with Crippen LogP contribution < -0.4 is 9.80 Å². The number of rotatable bonds is 10. The maximum Gasteiger partial charge on any atom is 0.406 e. The minimum absolute atomic E-state index is 0.168. The van der Waals surface area contributed by atoms with E-state index in [-0.39, 0.29) is 21.8 Å². The van der Waals surface area contributed by atoms with Gasteiger partial charge < -0.3 is 9.80 Å². The minimum atomic E-state index is -4.72. The smallest absolute Gasteiger partial charge is 0.332 e. The Kier molecular flexibility index (Phi) is 9.64. The van der Waals surface area contributed by atoms with E-state index < -0.39 is 41.5 Å². The first kappa shape index (κ1) is 33.6. The van der Waals surface area contributed by atoms with E-state index in [1.54, 1.807) is 91.0 Å². The lowest BCUT2D eigenvalue weighted by atomic mass is 9.85. The van der Waals surface area contributed by atoms with Crippen molar-refractivity contribution < 1.29 is 39.3 Å². The van der Waals surface area contributed by atoms with Gasteiger partial charge in [0.05, 0.1) is 4.90 Å². The van der Waals surface area contributed by atoms with Crippen LogP contribution in [-0.4, -0.2) is 38.4 Å². The summed E-state index contributed by atoms with van der Waals surface area (Å²) < 4.78 is 116. The molecule has 0 saturated carbocycles. The zero-order chi connectivity index (χ0) is 33.8. The van der Waals surface area contributed by atoms with Crippen molar-refractivity contribution in [1.82, 2.24) is 0 Å². The Morgan fingerprint density at radius 3 is 1.21 bits per heavy atom. The Morgan fingerprint density at radius 1 is 0.511 bits per heavy atom. The molecule has 0 aromatic heterocycles. The molecule has 0 fully saturated rings. The molecule has 0 saturated heterocycles. The second kappa shape index (κ2) is 13.5. The van der Waals surface area contributed by atoms with E-state index >= 15 is 0 Å². The molecule has 0 atom stereocenters. The van der Waals surface area contributed by atoms with Crippen molar-refractivity contribution in [3.63, 3.8) is 0 Å². The maximum atomic E-state index is 13.6. The van der Waals surface area contributed by atoms with Gasteiger partial charge in [0, 0.05) is 28.7 Å². The molecule has 0 aliphatic rings. The molecule has 1 N–H and O–H groups in total. The van der Waals surface area contributed by atoms with Crippen molar-refractivity contribution in [2.45, 2.75) is 23.2 Å². The average Bonchev–Trinajstić information content (AvgIpc) is 3.03. The number of alkyl halides is 6. The van der Waals surface area contributed by atoms with E-state index in [0.29, 0.717) is 22.5 Å². The molecule has 47 heavy (non-hydrogen) atoms. The molecule has 0 spiro atoms. The number of benzene rings is 5. The van der Waals surface area contributed by atoms with Crippen molar-refractivity contribution >= 4 is 32.9 Å². The van der Waals surface area contributed by atoms with E-state index in [2.05, 4.69) is 0 Å². The van der Waals surface area contributed by atoms with E-state index in [0.717, 1.165) is 9.80 Å². The molecule has 0 aliphatic heterocycles. The number of para-hydroxylation sites is 2. The van der Waals surface area contributed by atoms with Crippen LogP contribution in [-0.2, 0) is 10.1 Å². The SMILES string of the molecule is O=S(=O)(O)c1ccccc1C(c1ccc(N(CC(F)(F)F)c2ccccc2)cc1)c1ccc(N(CC(F)(F)F)c2ccccc2)cc1. The molecule has 244 valence electrons. The van der Waals surface area contributed by atoms with Crippen molar-refractivity contribution in [2.24, 2.45) is 0 Å². The second-order valence-corrected chi connectivity index (χ2v) is 12.1. The van der Waals surface area contributed by atoms with Gasteiger partial charge in [0.15, 0.2) is 0 Å². The van der Waals surface area contributed by atoms with Crippen LogP contribution in [0.2, 0.25) is 0 Å². The Labute approximate surface area is 268 Å². The summed E-state index contributed by atoms with van der Waals surface area (Å²) in [6.07, 6.45) is -9.04. The van der Waals surface area contributed by atoms with Gasteiger partial charge in [0.2, 0.25) is 0 Å². The van der Waals surface area contributed by atoms with Crippen LogP contribution in [0.5, 0.6) is 0 Å². The van der Waals surface area contributed by atoms with E-state index in [4.69, 9.17) is 0 Å². The fraction of sp³-hybridized carbons (Fsp3) is 0.143. The van der Waals surface area contributed by atoms with Crippen molar-refractivity contribution in [3.8, 4) is 0 Å². The molecule has 0 aliphatic carbocycles. The molecule has 0 bridgehead atoms. The van der Waals surface area contributed by atoms with E-state index in [9.17, 15) is 39.3 Å². The zero-order valence-corrected chi connectivity index (χ0v) is 25.3. The van der Waals surface area contributed by atoms with Crippen molar-refractivity contribution in [1.29, 1.82) is 0 Å². The molecule has 5 rings (SSSR count). The summed E-state index contributed by atoms with van der Waals surface area (Å²) in [5, 5.41) is 0. The second-order valence-electron chi connectivity index (χ2n) is 10.7. The summed E-state index contributed by atoms with van der Waals surface area (Å²) in [5.41, 5.74) is 2.16. The molecule has 5 aromatic rings. The van der Waals surface area contributed by atoms with Gasteiger partial charge in [0.25, 0.3) is 10.1 Å². The predicted molar refractivity (Wildman–Crippen MR) is 169 cm³/mol. The predicted octanol–water partition coefficient (Wildman–Crippen LogP) is 9.51. The zero-order valence-electron chi connectivity index (χ0n) is 24.5. The molecular weight excluding hydrogens is 642 g/mol. The summed E-state index contributed by atoms with van der Waals surface area (Å²) in [7, 11) is -4.72. The summed E-state index contributed by atoms with van der Waals surface area (Å²) in [6.45, 7) is -2.52. The first-order valence-corrected chi connectivity index (χ1v) is 15.7. The fourth-order valence-electron chi connectivity index (χ4n) is 5.44. The number of hydrogen-bond donors (Lipinski definition) is 1. The largest absolute Gasteiger partial charge is 0.406 e. The topological polar surface area (TPSA) is 60.9 Å². The van der Waals surface area contributed by atoms with Gasteiger partial charge in [0.1, 0.15) is 13.1 Å². The lowest BCUT2D eigenvalue weighted by Gasteiger charge is -2.28. The highest BCUT2D eigenvalue weighted by Gasteiger charge is 2.33. The van der Waals surface area contributed by atoms with Gasteiger partial charge in [-0.05, 0) is 71.3 Å². The highest BCUT2D eigenvalue weighted by atomic mass is 32.2. The van der Waals surface area contributed by atoms with Crippen LogP contribution in [0.1, 0.15) is 22.6 Å². The number of hydrogen-bond acceptors (Lipinski definition) is 4. The Morgan fingerprint density at radius 2 is 0.851 bits per heavy atom. The Balaban J connectivity index is 1.60. The first-order valence-electron chi connectivity index (χ1n) is 14.2. The molecule has 5 nitrogen and oxygen atoms in total. The molecular formula is C35H28F6N2O3S. The Hall–Kier alpha value is -4.81. The number of nitrogens with zero attached hydrogens (tertiary/aromatic N) is 2. The standard InChI is InChI=1S/C35H28F6N2O3S/c36-34(37,38)23-42(27-9-3-1-4-10-27)29-19-15-25(16-20-29)33(31-13-7-8-14-32(31)47(44,45)46)26-17-21-30(22-18-26)43(24-35(39,40)41)28-11-5-2-6-12-28/h1-22,33H,23-24H2,(H,44,45,46). The number of anilines is 4. The molecule has 0 heterocycles. The molecule has 5 aromatic carbocycles. The first-order chi connectivity index (χ1) is 22.2. The third-order valence-electron chi connectivity index (χ3n) is 7.39. The van der Waals surface area contributed by atoms with Crippen LogP contribution in [0, 0.1) is 0 Å². The van der Waals surface area contributed by atoms with E-state index in [1.807, 2.05) is 0 Å². The highest BCUT2D eigenvalue weighted by Crippen LogP contribution is 2.39. The van der Waals surface area contributed by atoms with Gasteiger partial charge in [-0.25, -0.2) is 0 Å². The summed E-state index contributed by atoms with van der Waals surface area (Å²) >= 11 is 0. The van der Waals surface area contributed by atoms with Crippen molar-refractivity contribution in [2.75, 3.05) is 22.9 Å². The summed E-state index contributed by atoms with van der Waals surface area (Å²) in [5.74, 6) is -0.878. The van der Waals surface area contributed by atoms with Crippen molar-refractivity contribution in [3.05, 3.63) is 150 Å². The van der Waals surface area contributed by atoms with Gasteiger partial charge in [-0.1, -0.05) is 78.9 Å². The third kappa shape index (κ3) is 8.52. The lowest BCUT2D eigenvalue weighted by Crippen LogP contribution is -2.30. The van der Waals surface area contributed by atoms with Gasteiger partial charge in [-0.2, -0.15) is 34.8 Å². The van der Waals surface area contributed by atoms with Crippen LogP contribution >= 0.6 is 0 Å². The van der Waals surface area contributed by atoms with Crippen LogP contribution in [0.15, 0.2) is 138 Å². The fourth-order valence-corrected chi connectivity index (χ4v) is 6.17. The Bertz CT molecular complexity index is 1780. The molecule has 12 heteroatoms. The molecule has 0 radical (unpaired) electrons.